The van der Waals surface area contributed by atoms with Crippen molar-refractivity contribution in [1.29, 1.82) is 0 Å². The van der Waals surface area contributed by atoms with Gasteiger partial charge in [-0.15, -0.1) is 0 Å². The zero-order valence-electron chi connectivity index (χ0n) is 15.5. The Bertz CT molecular complexity index is 1180. The normalized spacial score (nSPS) is 12.2. The van der Waals surface area contributed by atoms with E-state index in [-0.39, 0.29) is 5.75 Å². The van der Waals surface area contributed by atoms with Crippen molar-refractivity contribution in [2.75, 3.05) is 12.4 Å². The molecular weight excluding hydrogens is 450 g/mol. The quantitative estimate of drug-likeness (QED) is 0.351. The Hall–Kier alpha value is -2.74. The maximum absolute atomic E-state index is 9.85. The Morgan fingerprint density at radius 3 is 2.62 bits per heavy atom. The van der Waals surface area contributed by atoms with Gasteiger partial charge in [0.25, 0.3) is 0 Å². The Morgan fingerprint density at radius 1 is 1.03 bits per heavy atom. The topological polar surface area (TPSA) is 66.7 Å². The molecule has 1 atom stereocenters. The third-order valence-electron chi connectivity index (χ3n) is 4.18. The first-order chi connectivity index (χ1) is 14.1. The van der Waals surface area contributed by atoms with Crippen molar-refractivity contribution in [2.24, 2.45) is 4.36 Å². The standard InChI is InChI=1S/C22H18BrN3O2S/c1-28-29(19-5-3-2-4-6-19)26-16-7-8-21-20(14-16)22(9-10-24-21)25-17-11-15(23)12-18(27)13-17/h2-14,27H,1H3,(H,24,25). The Balaban J connectivity index is 1.75. The second-order valence-electron chi connectivity index (χ2n) is 6.20. The van der Waals surface area contributed by atoms with Crippen molar-refractivity contribution in [2.45, 2.75) is 4.90 Å². The summed E-state index contributed by atoms with van der Waals surface area (Å²) in [6, 6.07) is 22.9. The Kier molecular flexibility index (Phi) is 5.89. The number of nitrogens with one attached hydrogen (secondary N) is 1. The Labute approximate surface area is 179 Å². The molecule has 146 valence electrons. The Morgan fingerprint density at radius 2 is 1.86 bits per heavy atom. The summed E-state index contributed by atoms with van der Waals surface area (Å²) >= 11 is 3.40. The van der Waals surface area contributed by atoms with Gasteiger partial charge in [0, 0.05) is 38.4 Å². The summed E-state index contributed by atoms with van der Waals surface area (Å²) in [5.41, 5.74) is 3.30. The van der Waals surface area contributed by atoms with Crippen LogP contribution in [-0.2, 0) is 15.2 Å². The molecule has 1 heterocycles. The van der Waals surface area contributed by atoms with Gasteiger partial charge in [-0.2, -0.15) is 4.36 Å². The maximum atomic E-state index is 9.85. The van der Waals surface area contributed by atoms with E-state index in [4.69, 9.17) is 8.55 Å². The molecule has 0 fully saturated rings. The molecule has 5 nitrogen and oxygen atoms in total. The highest BCUT2D eigenvalue weighted by molar-refractivity contribution is 9.10. The number of hydrogen-bond donors (Lipinski definition) is 2. The number of nitrogens with zero attached hydrogens (tertiary/aromatic N) is 2. The number of hydrogen-bond acceptors (Lipinski definition) is 5. The zero-order valence-corrected chi connectivity index (χ0v) is 17.9. The number of aromatic hydroxyl groups is 1. The van der Waals surface area contributed by atoms with E-state index in [9.17, 15) is 5.11 Å². The van der Waals surface area contributed by atoms with Crippen molar-refractivity contribution in [1.82, 2.24) is 4.98 Å². The fraction of sp³-hybridized carbons (Fsp3) is 0.0455. The van der Waals surface area contributed by atoms with E-state index in [1.165, 1.54) is 0 Å². The zero-order chi connectivity index (χ0) is 20.2. The van der Waals surface area contributed by atoms with Crippen LogP contribution in [0.1, 0.15) is 0 Å². The molecule has 2 N–H and O–H groups in total. The molecule has 0 bridgehead atoms. The first-order valence-electron chi connectivity index (χ1n) is 8.83. The SMILES string of the molecule is COS(=Nc1ccc2nccc(Nc3cc(O)cc(Br)c3)c2c1)c1ccccc1. The predicted molar refractivity (Wildman–Crippen MR) is 122 cm³/mol. The molecular formula is C22H18BrN3O2S. The number of phenolic OH excluding ortho intramolecular Hbond substituents is 1. The fourth-order valence-electron chi connectivity index (χ4n) is 2.92. The number of anilines is 2. The van der Waals surface area contributed by atoms with Gasteiger partial charge in [0.05, 0.1) is 29.3 Å². The molecule has 0 radical (unpaired) electrons. The highest BCUT2D eigenvalue weighted by atomic mass is 79.9. The summed E-state index contributed by atoms with van der Waals surface area (Å²) < 4.78 is 11.2. The molecule has 0 saturated heterocycles. The van der Waals surface area contributed by atoms with E-state index in [1.807, 2.05) is 60.7 Å². The fourth-order valence-corrected chi connectivity index (χ4v) is 4.47. The van der Waals surface area contributed by atoms with Gasteiger partial charge >= 0.3 is 0 Å². The van der Waals surface area contributed by atoms with Crippen LogP contribution in [-0.4, -0.2) is 17.2 Å². The summed E-state index contributed by atoms with van der Waals surface area (Å²) in [5.74, 6) is 0.183. The number of pyridine rings is 1. The van der Waals surface area contributed by atoms with E-state index < -0.39 is 11.0 Å². The van der Waals surface area contributed by atoms with Gasteiger partial charge in [-0.3, -0.25) is 4.98 Å². The van der Waals surface area contributed by atoms with E-state index >= 15 is 0 Å². The molecule has 3 aromatic carbocycles. The second kappa shape index (κ2) is 8.73. The summed E-state index contributed by atoms with van der Waals surface area (Å²) in [6.07, 6.45) is 1.75. The van der Waals surface area contributed by atoms with Crippen LogP contribution in [0.3, 0.4) is 0 Å². The van der Waals surface area contributed by atoms with Crippen LogP contribution >= 0.6 is 15.9 Å². The van der Waals surface area contributed by atoms with Crippen molar-refractivity contribution in [3.05, 3.63) is 83.5 Å². The highest BCUT2D eigenvalue weighted by Crippen LogP contribution is 2.31. The van der Waals surface area contributed by atoms with Gasteiger partial charge in [-0.1, -0.05) is 34.1 Å². The minimum Gasteiger partial charge on any atom is -0.508 e. The van der Waals surface area contributed by atoms with Crippen molar-refractivity contribution >= 4 is 54.9 Å². The molecule has 0 aliphatic rings. The number of rotatable bonds is 5. The molecule has 1 unspecified atom stereocenters. The van der Waals surface area contributed by atoms with Crippen molar-refractivity contribution < 1.29 is 9.29 Å². The summed E-state index contributed by atoms with van der Waals surface area (Å²) in [6.45, 7) is 0. The molecule has 4 aromatic rings. The van der Waals surface area contributed by atoms with Crippen LogP contribution in [0, 0.1) is 0 Å². The van der Waals surface area contributed by atoms with Gasteiger partial charge in [-0.05, 0) is 48.5 Å². The summed E-state index contributed by atoms with van der Waals surface area (Å²) in [5, 5.41) is 14.1. The molecule has 7 heteroatoms. The second-order valence-corrected chi connectivity index (χ2v) is 8.60. The predicted octanol–water partition coefficient (Wildman–Crippen LogP) is 6.50. The van der Waals surface area contributed by atoms with Crippen LogP contribution in [0.15, 0.2) is 92.7 Å². The van der Waals surface area contributed by atoms with Crippen molar-refractivity contribution in [3.63, 3.8) is 0 Å². The molecule has 4 rings (SSSR count). The molecule has 0 spiro atoms. The number of benzene rings is 3. The molecule has 0 aliphatic heterocycles. The monoisotopic (exact) mass is 467 g/mol. The maximum Gasteiger partial charge on any atom is 0.118 e. The molecule has 29 heavy (non-hydrogen) atoms. The van der Waals surface area contributed by atoms with Gasteiger partial charge in [-0.25, -0.2) is 0 Å². The number of fused-ring (bicyclic) bond motifs is 1. The minimum absolute atomic E-state index is 0.183. The first kappa shape index (κ1) is 19.6. The molecule has 1 aromatic heterocycles. The van der Waals surface area contributed by atoms with Gasteiger partial charge in [0.2, 0.25) is 0 Å². The van der Waals surface area contributed by atoms with Crippen LogP contribution in [0.2, 0.25) is 0 Å². The van der Waals surface area contributed by atoms with Crippen LogP contribution in [0.5, 0.6) is 5.75 Å². The smallest absolute Gasteiger partial charge is 0.118 e. The van der Waals surface area contributed by atoms with E-state index in [0.717, 1.165) is 37.3 Å². The third-order valence-corrected chi connectivity index (χ3v) is 6.00. The largest absolute Gasteiger partial charge is 0.508 e. The molecule has 0 aliphatic carbocycles. The lowest BCUT2D eigenvalue weighted by Gasteiger charge is -2.11. The summed E-state index contributed by atoms with van der Waals surface area (Å²) in [4.78, 5) is 5.47. The number of halogens is 1. The van der Waals surface area contributed by atoms with Crippen LogP contribution in [0.4, 0.5) is 17.1 Å². The van der Waals surface area contributed by atoms with Gasteiger partial charge in [0.1, 0.15) is 5.75 Å². The third kappa shape index (κ3) is 4.64. The van der Waals surface area contributed by atoms with E-state index in [0.29, 0.717) is 0 Å². The lowest BCUT2D eigenvalue weighted by molar-refractivity contribution is 0.475. The van der Waals surface area contributed by atoms with Gasteiger partial charge in [0.15, 0.2) is 0 Å². The lowest BCUT2D eigenvalue weighted by Crippen LogP contribution is -1.94. The van der Waals surface area contributed by atoms with Crippen LogP contribution in [0.25, 0.3) is 10.9 Å². The molecule has 0 amide bonds. The van der Waals surface area contributed by atoms with Gasteiger partial charge < -0.3 is 14.6 Å². The number of phenols is 1. The number of aromatic nitrogens is 1. The molecule has 0 saturated carbocycles. The first-order valence-corrected chi connectivity index (χ1v) is 10.7. The minimum atomic E-state index is -0.695. The van der Waals surface area contributed by atoms with E-state index in [1.54, 1.807) is 25.4 Å². The van der Waals surface area contributed by atoms with Crippen molar-refractivity contribution in [3.8, 4) is 5.75 Å². The average Bonchev–Trinajstić information content (AvgIpc) is 2.72. The average molecular weight is 468 g/mol. The summed E-state index contributed by atoms with van der Waals surface area (Å²) in [7, 11) is 0.967. The highest BCUT2D eigenvalue weighted by Gasteiger charge is 2.07. The lowest BCUT2D eigenvalue weighted by atomic mass is 10.1. The van der Waals surface area contributed by atoms with E-state index in [2.05, 4.69) is 26.2 Å². The van der Waals surface area contributed by atoms with Crippen LogP contribution < -0.4 is 5.32 Å².